The first-order valence-electron chi connectivity index (χ1n) is 6.15. The molecule has 1 unspecified atom stereocenters. The monoisotopic (exact) mass is 261 g/mol. The first kappa shape index (κ1) is 12.2. The minimum atomic E-state index is -0.897. The summed E-state index contributed by atoms with van der Waals surface area (Å²) in [6, 6.07) is 7.18. The maximum atomic E-state index is 10.9. The molecule has 2 heterocycles. The SMILES string of the molecule is NC(CC(=O)O)C1(c2coc3ccccc23)COC1. The summed E-state index contributed by atoms with van der Waals surface area (Å²) in [6.45, 7) is 0.871. The van der Waals surface area contributed by atoms with Crippen LogP contribution in [0.3, 0.4) is 0 Å². The van der Waals surface area contributed by atoms with Crippen LogP contribution in [0.15, 0.2) is 34.9 Å². The number of carboxylic acids is 1. The Balaban J connectivity index is 2.04. The van der Waals surface area contributed by atoms with Crippen LogP contribution < -0.4 is 5.73 Å². The highest BCUT2D eigenvalue weighted by Crippen LogP contribution is 2.40. The second kappa shape index (κ2) is 4.36. The van der Waals surface area contributed by atoms with Gasteiger partial charge in [0.25, 0.3) is 0 Å². The predicted molar refractivity (Wildman–Crippen MR) is 68.9 cm³/mol. The Kier molecular flexibility index (Phi) is 2.80. The van der Waals surface area contributed by atoms with Crippen LogP contribution in [-0.4, -0.2) is 30.3 Å². The van der Waals surface area contributed by atoms with E-state index >= 15 is 0 Å². The molecule has 0 amide bonds. The van der Waals surface area contributed by atoms with Crippen LogP contribution in [-0.2, 0) is 14.9 Å². The molecule has 0 spiro atoms. The fourth-order valence-electron chi connectivity index (χ4n) is 2.64. The van der Waals surface area contributed by atoms with E-state index < -0.39 is 17.4 Å². The zero-order chi connectivity index (χ0) is 13.5. The van der Waals surface area contributed by atoms with Crippen LogP contribution in [0, 0.1) is 0 Å². The van der Waals surface area contributed by atoms with Gasteiger partial charge >= 0.3 is 5.97 Å². The first-order chi connectivity index (χ1) is 9.13. The fraction of sp³-hybridized carbons (Fsp3) is 0.357. The molecule has 0 saturated carbocycles. The zero-order valence-electron chi connectivity index (χ0n) is 10.3. The van der Waals surface area contributed by atoms with Crippen molar-refractivity contribution in [2.45, 2.75) is 17.9 Å². The van der Waals surface area contributed by atoms with Gasteiger partial charge in [-0.3, -0.25) is 4.79 Å². The van der Waals surface area contributed by atoms with E-state index in [4.69, 9.17) is 20.0 Å². The normalized spacial score (nSPS) is 19.0. The molecular formula is C14H15NO4. The largest absolute Gasteiger partial charge is 0.481 e. The molecule has 1 aliphatic rings. The van der Waals surface area contributed by atoms with E-state index in [-0.39, 0.29) is 6.42 Å². The molecule has 1 aliphatic heterocycles. The lowest BCUT2D eigenvalue weighted by Gasteiger charge is -2.45. The van der Waals surface area contributed by atoms with E-state index in [0.717, 1.165) is 16.5 Å². The summed E-state index contributed by atoms with van der Waals surface area (Å²) in [5, 5.41) is 9.91. The Morgan fingerprint density at radius 3 is 2.79 bits per heavy atom. The van der Waals surface area contributed by atoms with Crippen molar-refractivity contribution in [2.75, 3.05) is 13.2 Å². The van der Waals surface area contributed by atoms with E-state index in [9.17, 15) is 4.79 Å². The van der Waals surface area contributed by atoms with Crippen LogP contribution >= 0.6 is 0 Å². The van der Waals surface area contributed by atoms with Crippen LogP contribution in [0.5, 0.6) is 0 Å². The lowest BCUT2D eigenvalue weighted by atomic mass is 9.71. The molecule has 0 bridgehead atoms. The molecule has 1 atom stereocenters. The van der Waals surface area contributed by atoms with Crippen molar-refractivity contribution in [3.8, 4) is 0 Å². The third-order valence-corrected chi connectivity index (χ3v) is 3.84. The Morgan fingerprint density at radius 2 is 2.16 bits per heavy atom. The van der Waals surface area contributed by atoms with E-state index in [0.29, 0.717) is 13.2 Å². The maximum Gasteiger partial charge on any atom is 0.304 e. The average molecular weight is 261 g/mol. The molecule has 100 valence electrons. The summed E-state index contributed by atoms with van der Waals surface area (Å²) in [5.41, 5.74) is 7.37. The molecule has 19 heavy (non-hydrogen) atoms. The summed E-state index contributed by atoms with van der Waals surface area (Å²) < 4.78 is 10.8. The van der Waals surface area contributed by atoms with Crippen molar-refractivity contribution in [1.82, 2.24) is 0 Å². The molecular weight excluding hydrogens is 246 g/mol. The molecule has 3 N–H and O–H groups in total. The molecule has 5 nitrogen and oxygen atoms in total. The van der Waals surface area contributed by atoms with Gasteiger partial charge < -0.3 is 20.0 Å². The third kappa shape index (κ3) is 1.82. The van der Waals surface area contributed by atoms with Crippen LogP contribution in [0.4, 0.5) is 0 Å². The number of nitrogens with two attached hydrogens (primary N) is 1. The number of aliphatic carboxylic acids is 1. The standard InChI is InChI=1S/C14H15NO4/c15-12(5-13(16)17)14(7-18-8-14)10-6-19-11-4-2-1-3-9(10)11/h1-4,6,12H,5,7-8,15H2,(H,16,17). The summed E-state index contributed by atoms with van der Waals surface area (Å²) in [5.74, 6) is -0.897. The first-order valence-corrected chi connectivity index (χ1v) is 6.15. The van der Waals surface area contributed by atoms with E-state index in [1.807, 2.05) is 24.3 Å². The quantitative estimate of drug-likeness (QED) is 0.871. The lowest BCUT2D eigenvalue weighted by molar-refractivity contribution is -0.140. The van der Waals surface area contributed by atoms with Crippen molar-refractivity contribution in [1.29, 1.82) is 0 Å². The number of carbonyl (C=O) groups is 1. The minimum Gasteiger partial charge on any atom is -0.481 e. The number of carboxylic acid groups (broad SMARTS) is 1. The van der Waals surface area contributed by atoms with E-state index in [1.165, 1.54) is 0 Å². The van der Waals surface area contributed by atoms with Crippen LogP contribution in [0.25, 0.3) is 11.0 Å². The summed E-state index contributed by atoms with van der Waals surface area (Å²) in [4.78, 5) is 10.9. The highest BCUT2D eigenvalue weighted by molar-refractivity contribution is 5.82. The average Bonchev–Trinajstić information content (AvgIpc) is 2.71. The van der Waals surface area contributed by atoms with Crippen molar-refractivity contribution >= 4 is 16.9 Å². The number of furan rings is 1. The molecule has 5 heteroatoms. The van der Waals surface area contributed by atoms with Crippen molar-refractivity contribution in [2.24, 2.45) is 5.73 Å². The second-order valence-corrected chi connectivity index (χ2v) is 5.00. The summed E-state index contributed by atoms with van der Waals surface area (Å²) in [6.07, 6.45) is 1.60. The van der Waals surface area contributed by atoms with Gasteiger partial charge in [0.15, 0.2) is 0 Å². The van der Waals surface area contributed by atoms with Crippen molar-refractivity contribution in [3.63, 3.8) is 0 Å². The number of hydrogen-bond acceptors (Lipinski definition) is 4. The van der Waals surface area contributed by atoms with Gasteiger partial charge in [-0.1, -0.05) is 18.2 Å². The lowest BCUT2D eigenvalue weighted by Crippen LogP contribution is -2.59. The molecule has 2 aromatic rings. The Labute approximate surface area is 110 Å². The number of para-hydroxylation sites is 1. The third-order valence-electron chi connectivity index (χ3n) is 3.84. The molecule has 3 rings (SSSR count). The van der Waals surface area contributed by atoms with Gasteiger partial charge in [0.2, 0.25) is 0 Å². The highest BCUT2D eigenvalue weighted by Gasteiger charge is 2.48. The molecule has 0 aliphatic carbocycles. The number of hydrogen-bond donors (Lipinski definition) is 2. The Bertz CT molecular complexity index is 615. The summed E-state index contributed by atoms with van der Waals surface area (Å²) in [7, 11) is 0. The number of fused-ring (bicyclic) bond motifs is 1. The summed E-state index contributed by atoms with van der Waals surface area (Å²) >= 11 is 0. The van der Waals surface area contributed by atoms with Gasteiger partial charge in [0, 0.05) is 17.0 Å². The second-order valence-electron chi connectivity index (χ2n) is 5.00. The van der Waals surface area contributed by atoms with Gasteiger partial charge in [-0.25, -0.2) is 0 Å². The smallest absolute Gasteiger partial charge is 0.304 e. The maximum absolute atomic E-state index is 10.9. The number of rotatable bonds is 4. The number of ether oxygens (including phenoxy) is 1. The van der Waals surface area contributed by atoms with Gasteiger partial charge in [0.1, 0.15) is 5.58 Å². The molecule has 1 aromatic heterocycles. The van der Waals surface area contributed by atoms with Gasteiger partial charge in [0.05, 0.1) is 31.3 Å². The molecule has 1 saturated heterocycles. The topological polar surface area (TPSA) is 85.7 Å². The van der Waals surface area contributed by atoms with Gasteiger partial charge in [-0.05, 0) is 6.07 Å². The van der Waals surface area contributed by atoms with Gasteiger partial charge in [-0.2, -0.15) is 0 Å². The zero-order valence-corrected chi connectivity index (χ0v) is 10.3. The van der Waals surface area contributed by atoms with E-state index in [2.05, 4.69) is 0 Å². The number of benzene rings is 1. The minimum absolute atomic E-state index is 0.0805. The van der Waals surface area contributed by atoms with Crippen molar-refractivity contribution < 1.29 is 19.1 Å². The van der Waals surface area contributed by atoms with Crippen molar-refractivity contribution in [3.05, 3.63) is 36.1 Å². The van der Waals surface area contributed by atoms with Crippen LogP contribution in [0.1, 0.15) is 12.0 Å². The Hall–Kier alpha value is -1.85. The van der Waals surface area contributed by atoms with Crippen LogP contribution in [0.2, 0.25) is 0 Å². The van der Waals surface area contributed by atoms with E-state index in [1.54, 1.807) is 6.26 Å². The fourth-order valence-corrected chi connectivity index (χ4v) is 2.64. The molecule has 1 aromatic carbocycles. The highest BCUT2D eigenvalue weighted by atomic mass is 16.5. The predicted octanol–water partition coefficient (Wildman–Crippen LogP) is 1.50. The molecule has 0 radical (unpaired) electrons. The Morgan fingerprint density at radius 1 is 1.42 bits per heavy atom. The molecule has 1 fully saturated rings. The van der Waals surface area contributed by atoms with Gasteiger partial charge in [-0.15, -0.1) is 0 Å².